The minimum atomic E-state index is -0.499. The quantitative estimate of drug-likeness (QED) is 0.445. The molecule has 14 heavy (non-hydrogen) atoms. The van der Waals surface area contributed by atoms with Gasteiger partial charge in [-0.15, -0.1) is 6.42 Å². The summed E-state index contributed by atoms with van der Waals surface area (Å²) in [5.41, 5.74) is -0.0380. The van der Waals surface area contributed by atoms with Gasteiger partial charge >= 0.3 is 0 Å². The number of anilines is 1. The maximum absolute atomic E-state index is 10.3. The predicted octanol–water partition coefficient (Wildman–Crippen LogP) is 1.42. The first kappa shape index (κ1) is 9.99. The Morgan fingerprint density at radius 2 is 2.43 bits per heavy atom. The molecule has 1 atom stereocenters. The van der Waals surface area contributed by atoms with Crippen LogP contribution < -0.4 is 5.32 Å². The van der Waals surface area contributed by atoms with Crippen molar-refractivity contribution in [2.45, 2.75) is 13.0 Å². The van der Waals surface area contributed by atoms with Crippen LogP contribution in [0.5, 0.6) is 0 Å². The molecule has 0 aliphatic heterocycles. The lowest BCUT2D eigenvalue weighted by Gasteiger charge is -2.06. The number of hydrogen-bond acceptors (Lipinski definition) is 4. The highest BCUT2D eigenvalue weighted by molar-refractivity contribution is 5.41. The maximum Gasteiger partial charge on any atom is 0.287 e. The molecule has 0 spiro atoms. The lowest BCUT2D eigenvalue weighted by atomic mass is 10.3. The van der Waals surface area contributed by atoms with Gasteiger partial charge in [-0.2, -0.15) is 0 Å². The van der Waals surface area contributed by atoms with E-state index in [-0.39, 0.29) is 11.7 Å². The van der Waals surface area contributed by atoms with Gasteiger partial charge in [0.25, 0.3) is 5.69 Å². The maximum atomic E-state index is 10.3. The zero-order valence-electron chi connectivity index (χ0n) is 7.60. The zero-order chi connectivity index (χ0) is 10.6. The molecule has 0 saturated heterocycles. The third-order valence-electron chi connectivity index (χ3n) is 1.57. The number of hydrogen-bond donors (Lipinski definition) is 1. The first-order valence-electron chi connectivity index (χ1n) is 3.96. The lowest BCUT2D eigenvalue weighted by molar-refractivity contribution is -0.385. The standard InChI is InChI=1S/C9H9N3O2/c1-3-7(2)11-9-5-4-8(6-10-9)12(13)14/h1,4-7H,2H3,(H,10,11). The van der Waals surface area contributed by atoms with Crippen LogP contribution in [0.3, 0.4) is 0 Å². The highest BCUT2D eigenvalue weighted by atomic mass is 16.6. The van der Waals surface area contributed by atoms with Crippen LogP contribution in [-0.4, -0.2) is 15.9 Å². The average Bonchev–Trinajstić information content (AvgIpc) is 2.18. The van der Waals surface area contributed by atoms with E-state index in [0.29, 0.717) is 5.82 Å². The molecule has 5 nitrogen and oxygen atoms in total. The molecule has 0 saturated carbocycles. The summed E-state index contributed by atoms with van der Waals surface area (Å²) in [6.07, 6.45) is 6.34. The SMILES string of the molecule is C#CC(C)Nc1ccc([N+](=O)[O-])cn1. The molecule has 72 valence electrons. The van der Waals surface area contributed by atoms with E-state index in [4.69, 9.17) is 6.42 Å². The summed E-state index contributed by atoms with van der Waals surface area (Å²) >= 11 is 0. The van der Waals surface area contributed by atoms with Gasteiger partial charge in [0.1, 0.15) is 12.0 Å². The third kappa shape index (κ3) is 2.45. The van der Waals surface area contributed by atoms with Crippen molar-refractivity contribution in [1.82, 2.24) is 4.98 Å². The highest BCUT2D eigenvalue weighted by Gasteiger charge is 2.05. The second kappa shape index (κ2) is 4.23. The minimum Gasteiger partial charge on any atom is -0.357 e. The first-order chi connectivity index (χ1) is 6.63. The third-order valence-corrected chi connectivity index (χ3v) is 1.57. The Labute approximate surface area is 81.3 Å². The predicted molar refractivity (Wildman–Crippen MR) is 52.8 cm³/mol. The largest absolute Gasteiger partial charge is 0.357 e. The number of nitrogens with one attached hydrogen (secondary N) is 1. The van der Waals surface area contributed by atoms with E-state index in [9.17, 15) is 10.1 Å². The van der Waals surface area contributed by atoms with Gasteiger partial charge in [0, 0.05) is 6.07 Å². The molecular formula is C9H9N3O2. The van der Waals surface area contributed by atoms with Crippen LogP contribution in [0.1, 0.15) is 6.92 Å². The van der Waals surface area contributed by atoms with E-state index < -0.39 is 4.92 Å². The summed E-state index contributed by atoms with van der Waals surface area (Å²) in [5, 5.41) is 13.2. The smallest absolute Gasteiger partial charge is 0.287 e. The van der Waals surface area contributed by atoms with Crippen molar-refractivity contribution in [3.63, 3.8) is 0 Å². The van der Waals surface area contributed by atoms with E-state index in [1.807, 2.05) is 0 Å². The van der Waals surface area contributed by atoms with E-state index >= 15 is 0 Å². The Morgan fingerprint density at radius 3 is 2.86 bits per heavy atom. The molecule has 1 heterocycles. The molecule has 5 heteroatoms. The number of rotatable bonds is 3. The second-order valence-electron chi connectivity index (χ2n) is 2.69. The molecule has 1 N–H and O–H groups in total. The van der Waals surface area contributed by atoms with Crippen molar-refractivity contribution in [1.29, 1.82) is 0 Å². The molecule has 0 aliphatic carbocycles. The van der Waals surface area contributed by atoms with Crippen molar-refractivity contribution >= 4 is 11.5 Å². The first-order valence-corrected chi connectivity index (χ1v) is 3.96. The highest BCUT2D eigenvalue weighted by Crippen LogP contribution is 2.12. The monoisotopic (exact) mass is 191 g/mol. The summed E-state index contributed by atoms with van der Waals surface area (Å²) in [6.45, 7) is 1.79. The van der Waals surface area contributed by atoms with E-state index in [0.717, 1.165) is 0 Å². The lowest BCUT2D eigenvalue weighted by Crippen LogP contribution is -2.12. The summed E-state index contributed by atoms with van der Waals surface area (Å²) in [7, 11) is 0. The summed E-state index contributed by atoms with van der Waals surface area (Å²) in [5.74, 6) is 2.99. The van der Waals surface area contributed by atoms with Crippen LogP contribution >= 0.6 is 0 Å². The summed E-state index contributed by atoms with van der Waals surface area (Å²) in [4.78, 5) is 13.6. The Kier molecular flexibility index (Phi) is 3.02. The summed E-state index contributed by atoms with van der Waals surface area (Å²) < 4.78 is 0. The molecule has 0 aliphatic rings. The zero-order valence-corrected chi connectivity index (χ0v) is 7.60. The van der Waals surface area contributed by atoms with Gasteiger partial charge in [-0.25, -0.2) is 4.98 Å². The van der Waals surface area contributed by atoms with Crippen LogP contribution in [0, 0.1) is 22.5 Å². The van der Waals surface area contributed by atoms with Gasteiger partial charge < -0.3 is 5.32 Å². The number of terminal acetylenes is 1. The number of nitrogens with zero attached hydrogens (tertiary/aromatic N) is 2. The summed E-state index contributed by atoms with van der Waals surface area (Å²) in [6, 6.07) is 2.74. The van der Waals surface area contributed by atoms with Crippen molar-refractivity contribution < 1.29 is 4.92 Å². The molecule has 0 radical (unpaired) electrons. The van der Waals surface area contributed by atoms with Crippen LogP contribution in [0.2, 0.25) is 0 Å². The molecule has 1 aromatic heterocycles. The van der Waals surface area contributed by atoms with Crippen molar-refractivity contribution in [2.75, 3.05) is 5.32 Å². The van der Waals surface area contributed by atoms with Crippen LogP contribution in [0.15, 0.2) is 18.3 Å². The fraction of sp³-hybridized carbons (Fsp3) is 0.222. The van der Waals surface area contributed by atoms with Crippen LogP contribution in [0.4, 0.5) is 11.5 Å². The van der Waals surface area contributed by atoms with Gasteiger partial charge in [-0.3, -0.25) is 10.1 Å². The van der Waals surface area contributed by atoms with Gasteiger partial charge in [-0.05, 0) is 13.0 Å². The molecule has 1 unspecified atom stereocenters. The topological polar surface area (TPSA) is 68.1 Å². The van der Waals surface area contributed by atoms with Crippen LogP contribution in [0.25, 0.3) is 0 Å². The molecule has 0 fully saturated rings. The Bertz CT molecular complexity index is 367. The molecule has 0 aromatic carbocycles. The number of pyridine rings is 1. The van der Waals surface area contributed by atoms with Crippen molar-refractivity contribution in [3.05, 3.63) is 28.4 Å². The normalized spacial score (nSPS) is 11.4. The van der Waals surface area contributed by atoms with Crippen molar-refractivity contribution in [3.8, 4) is 12.3 Å². The van der Waals surface area contributed by atoms with Gasteiger partial charge in [0.15, 0.2) is 0 Å². The molecule has 1 rings (SSSR count). The average molecular weight is 191 g/mol. The van der Waals surface area contributed by atoms with Crippen LogP contribution in [-0.2, 0) is 0 Å². The number of aromatic nitrogens is 1. The fourth-order valence-electron chi connectivity index (χ4n) is 0.843. The Morgan fingerprint density at radius 1 is 1.71 bits per heavy atom. The molecule has 1 aromatic rings. The van der Waals surface area contributed by atoms with Gasteiger partial charge in [0.2, 0.25) is 0 Å². The van der Waals surface area contributed by atoms with E-state index in [1.54, 1.807) is 6.92 Å². The molecule has 0 bridgehead atoms. The number of nitro groups is 1. The van der Waals surface area contributed by atoms with E-state index in [1.165, 1.54) is 18.3 Å². The Balaban J connectivity index is 2.75. The van der Waals surface area contributed by atoms with Gasteiger partial charge in [0.05, 0.1) is 11.0 Å². The molecule has 0 amide bonds. The van der Waals surface area contributed by atoms with Crippen molar-refractivity contribution in [2.24, 2.45) is 0 Å². The fourth-order valence-corrected chi connectivity index (χ4v) is 0.843. The minimum absolute atomic E-state index is 0.0380. The molecular weight excluding hydrogens is 182 g/mol. The van der Waals surface area contributed by atoms with E-state index in [2.05, 4.69) is 16.2 Å². The second-order valence-corrected chi connectivity index (χ2v) is 2.69. The Hall–Kier alpha value is -2.09. The van der Waals surface area contributed by atoms with Gasteiger partial charge in [-0.1, -0.05) is 5.92 Å².